The first-order chi connectivity index (χ1) is 20.3. The number of aryl methyl sites for hydroxylation is 3. The molecule has 1 rings (SSSR count). The summed E-state index contributed by atoms with van der Waals surface area (Å²) < 4.78 is 2.56. The van der Waals surface area contributed by atoms with Gasteiger partial charge in [-0.15, -0.1) is 0 Å². The predicted octanol–water partition coefficient (Wildman–Crippen LogP) is 13.4. The zero-order valence-corrected chi connectivity index (χ0v) is 28.8. The topological polar surface area (TPSA) is 3.88 Å². The summed E-state index contributed by atoms with van der Waals surface area (Å²) in [5, 5.41) is 0. The van der Waals surface area contributed by atoms with Crippen molar-refractivity contribution in [3.8, 4) is 0 Å². The number of nitrogens with zero attached hydrogens (tertiary/aromatic N) is 1. The molecule has 240 valence electrons. The van der Waals surface area contributed by atoms with E-state index in [0.29, 0.717) is 0 Å². The van der Waals surface area contributed by atoms with Gasteiger partial charge in [-0.25, -0.2) is 4.57 Å². The monoisotopic (exact) mass is 571 g/mol. The van der Waals surface area contributed by atoms with E-state index < -0.39 is 0 Å². The van der Waals surface area contributed by atoms with E-state index in [4.69, 9.17) is 0 Å². The lowest BCUT2D eigenvalue weighted by Gasteiger charge is -2.07. The first-order valence-electron chi connectivity index (χ1n) is 19.3. The molecule has 0 amide bonds. The normalized spacial score (nSPS) is 11.5. The Bertz CT molecular complexity index is 616. The molecule has 0 N–H and O–H groups in total. The van der Waals surface area contributed by atoms with Crippen LogP contribution in [-0.4, -0.2) is 0 Å². The number of unbranched alkanes of at least 4 members (excludes halogenated alkanes) is 26. The van der Waals surface area contributed by atoms with E-state index in [2.05, 4.69) is 43.8 Å². The van der Waals surface area contributed by atoms with Gasteiger partial charge < -0.3 is 0 Å². The molecule has 1 heterocycles. The number of hydrogen-bond acceptors (Lipinski definition) is 0. The molecule has 0 unspecified atom stereocenters. The second-order valence-electron chi connectivity index (χ2n) is 13.5. The summed E-state index contributed by atoms with van der Waals surface area (Å²) in [6.07, 6.45) is 48.9. The van der Waals surface area contributed by atoms with Gasteiger partial charge in [0, 0.05) is 17.5 Å². The van der Waals surface area contributed by atoms with Crippen LogP contribution < -0.4 is 4.57 Å². The molecule has 0 saturated carbocycles. The minimum absolute atomic E-state index is 1.21. The third-order valence-electron chi connectivity index (χ3n) is 9.19. The predicted molar refractivity (Wildman–Crippen MR) is 185 cm³/mol. The first-order valence-corrected chi connectivity index (χ1v) is 19.3. The molecule has 1 aromatic rings. The maximum absolute atomic E-state index is 2.56. The van der Waals surface area contributed by atoms with Crippen LogP contribution in [0.5, 0.6) is 0 Å². The van der Waals surface area contributed by atoms with Crippen molar-refractivity contribution in [3.05, 3.63) is 29.6 Å². The quantitative estimate of drug-likeness (QED) is 0.0599. The molecule has 0 radical (unpaired) electrons. The van der Waals surface area contributed by atoms with Gasteiger partial charge in [-0.1, -0.05) is 181 Å². The number of pyridine rings is 1. The minimum atomic E-state index is 1.21. The lowest BCUT2D eigenvalue weighted by atomic mass is 10.0. The van der Waals surface area contributed by atoms with E-state index in [9.17, 15) is 0 Å². The van der Waals surface area contributed by atoms with Crippen LogP contribution in [0.25, 0.3) is 0 Å². The molecule has 0 aliphatic carbocycles. The highest BCUT2D eigenvalue weighted by molar-refractivity contribution is 5.15. The molecule has 0 fully saturated rings. The standard InChI is InChI=1S/C40H76N/c1-4-7-10-13-16-17-18-19-20-21-22-23-24-25-26-29-32-35-41-37-39(33-30-27-14-11-8-5-2)36-40(38-41)34-31-28-15-12-9-6-3/h36-38H,4-35H2,1-3H3/q+1. The van der Waals surface area contributed by atoms with Crippen molar-refractivity contribution < 1.29 is 4.57 Å². The van der Waals surface area contributed by atoms with Crippen LogP contribution in [0.3, 0.4) is 0 Å². The second kappa shape index (κ2) is 30.6. The molecule has 0 saturated heterocycles. The molecule has 0 spiro atoms. The highest BCUT2D eigenvalue weighted by Gasteiger charge is 2.09. The Morgan fingerprint density at radius 1 is 0.341 bits per heavy atom. The average molecular weight is 571 g/mol. The lowest BCUT2D eigenvalue weighted by molar-refractivity contribution is -0.698. The fourth-order valence-corrected chi connectivity index (χ4v) is 6.42. The van der Waals surface area contributed by atoms with E-state index in [-0.39, 0.29) is 0 Å². The molecule has 0 aromatic carbocycles. The van der Waals surface area contributed by atoms with Gasteiger partial charge in [-0.2, -0.15) is 0 Å². The van der Waals surface area contributed by atoms with Crippen LogP contribution in [-0.2, 0) is 19.4 Å². The molecule has 0 atom stereocenters. The molecular weight excluding hydrogens is 494 g/mol. The molecule has 0 aliphatic rings. The van der Waals surface area contributed by atoms with Gasteiger partial charge in [0.25, 0.3) is 0 Å². The van der Waals surface area contributed by atoms with E-state index in [1.807, 2.05) is 0 Å². The van der Waals surface area contributed by atoms with Crippen LogP contribution in [0.4, 0.5) is 0 Å². The molecule has 1 nitrogen and oxygen atoms in total. The minimum Gasteiger partial charge on any atom is -0.205 e. The van der Waals surface area contributed by atoms with Crippen molar-refractivity contribution in [2.45, 2.75) is 226 Å². The summed E-state index contributed by atoms with van der Waals surface area (Å²) in [4.78, 5) is 0. The van der Waals surface area contributed by atoms with Crippen molar-refractivity contribution >= 4 is 0 Å². The summed E-state index contributed by atoms with van der Waals surface area (Å²) in [5.41, 5.74) is 3.19. The average Bonchev–Trinajstić information content (AvgIpc) is 2.98. The van der Waals surface area contributed by atoms with Crippen LogP contribution in [0.2, 0.25) is 0 Å². The highest BCUT2D eigenvalue weighted by atomic mass is 14.9. The fourth-order valence-electron chi connectivity index (χ4n) is 6.42. The molecule has 0 bridgehead atoms. The van der Waals surface area contributed by atoms with E-state index in [0.717, 1.165) is 0 Å². The van der Waals surface area contributed by atoms with Gasteiger partial charge in [-0.05, 0) is 38.2 Å². The van der Waals surface area contributed by atoms with Crippen molar-refractivity contribution in [2.24, 2.45) is 0 Å². The van der Waals surface area contributed by atoms with Crippen molar-refractivity contribution in [3.63, 3.8) is 0 Å². The Balaban J connectivity index is 2.18. The third kappa shape index (κ3) is 25.4. The zero-order chi connectivity index (χ0) is 29.5. The summed E-state index contributed by atoms with van der Waals surface area (Å²) in [5.74, 6) is 0. The number of rotatable bonds is 32. The van der Waals surface area contributed by atoms with Gasteiger partial charge in [0.05, 0.1) is 0 Å². The Hall–Kier alpha value is -0.850. The third-order valence-corrected chi connectivity index (χ3v) is 9.19. The summed E-state index contributed by atoms with van der Waals surface area (Å²) >= 11 is 0. The Morgan fingerprint density at radius 3 is 0.927 bits per heavy atom. The zero-order valence-electron chi connectivity index (χ0n) is 28.8. The first kappa shape index (κ1) is 38.2. The molecular formula is C40H76N+. The number of aromatic nitrogens is 1. The Kier molecular flexibility index (Phi) is 28.5. The van der Waals surface area contributed by atoms with Crippen LogP contribution in [0.1, 0.15) is 218 Å². The second-order valence-corrected chi connectivity index (χ2v) is 13.5. The van der Waals surface area contributed by atoms with Crippen LogP contribution in [0, 0.1) is 0 Å². The summed E-state index contributed by atoms with van der Waals surface area (Å²) in [7, 11) is 0. The summed E-state index contributed by atoms with van der Waals surface area (Å²) in [6, 6.07) is 2.54. The highest BCUT2D eigenvalue weighted by Crippen LogP contribution is 2.16. The smallest absolute Gasteiger partial charge is 0.171 e. The van der Waals surface area contributed by atoms with Crippen LogP contribution in [0.15, 0.2) is 18.5 Å². The molecule has 0 aliphatic heterocycles. The largest absolute Gasteiger partial charge is 0.205 e. The van der Waals surface area contributed by atoms with Gasteiger partial charge in [0.15, 0.2) is 12.4 Å². The van der Waals surface area contributed by atoms with Crippen molar-refractivity contribution in [2.75, 3.05) is 0 Å². The number of hydrogen-bond donors (Lipinski definition) is 0. The van der Waals surface area contributed by atoms with E-state index in [1.165, 1.54) is 206 Å². The SMILES string of the molecule is CCCCCCCCCCCCCCCCCCC[n+]1cc(CCCCCCCC)cc(CCCCCCCC)c1. The van der Waals surface area contributed by atoms with E-state index in [1.54, 1.807) is 11.1 Å². The molecule has 41 heavy (non-hydrogen) atoms. The molecule has 1 aromatic heterocycles. The maximum Gasteiger partial charge on any atom is 0.171 e. The van der Waals surface area contributed by atoms with E-state index >= 15 is 0 Å². The summed E-state index contributed by atoms with van der Waals surface area (Å²) in [6.45, 7) is 8.15. The van der Waals surface area contributed by atoms with Crippen LogP contribution >= 0.6 is 0 Å². The Morgan fingerprint density at radius 2 is 0.610 bits per heavy atom. The van der Waals surface area contributed by atoms with Crippen molar-refractivity contribution in [1.82, 2.24) is 0 Å². The Labute approximate surface area is 260 Å². The van der Waals surface area contributed by atoms with Gasteiger partial charge in [0.2, 0.25) is 0 Å². The fraction of sp³-hybridized carbons (Fsp3) is 0.875. The van der Waals surface area contributed by atoms with Crippen molar-refractivity contribution in [1.29, 1.82) is 0 Å². The van der Waals surface area contributed by atoms with Gasteiger partial charge in [-0.3, -0.25) is 0 Å². The lowest BCUT2D eigenvalue weighted by Crippen LogP contribution is -2.34. The molecule has 1 heteroatoms. The van der Waals surface area contributed by atoms with Gasteiger partial charge in [0.1, 0.15) is 6.54 Å². The van der Waals surface area contributed by atoms with Gasteiger partial charge >= 0.3 is 0 Å². The maximum atomic E-state index is 2.56.